The number of nitrogens with one attached hydrogen (secondary N) is 2. The number of hydrogen-bond donors (Lipinski definition) is 2. The summed E-state index contributed by atoms with van der Waals surface area (Å²) in [6, 6.07) is 17.9. The first-order chi connectivity index (χ1) is 12.2. The van der Waals surface area contributed by atoms with Gasteiger partial charge in [-0.15, -0.1) is 0 Å². The second-order valence-corrected chi connectivity index (χ2v) is 7.13. The predicted octanol–water partition coefficient (Wildman–Crippen LogP) is 4.13. The number of carbonyl (C=O) groups excluding carboxylic acids is 1. The molecule has 0 aromatic heterocycles. The van der Waals surface area contributed by atoms with Crippen LogP contribution in [0.5, 0.6) is 0 Å². The van der Waals surface area contributed by atoms with Crippen molar-refractivity contribution in [3.63, 3.8) is 0 Å². The van der Waals surface area contributed by atoms with E-state index in [1.54, 1.807) is 0 Å². The Morgan fingerprint density at radius 1 is 1.16 bits per heavy atom. The molecule has 1 aliphatic heterocycles. The van der Waals surface area contributed by atoms with Crippen LogP contribution in [0.15, 0.2) is 54.6 Å². The lowest BCUT2D eigenvalue weighted by Gasteiger charge is -2.20. The number of rotatable bonds is 7. The lowest BCUT2D eigenvalue weighted by molar-refractivity contribution is -0.122. The smallest absolute Gasteiger partial charge is 0.220 e. The van der Waals surface area contributed by atoms with Gasteiger partial charge in [-0.05, 0) is 55.5 Å². The quantitative estimate of drug-likeness (QED) is 0.783. The maximum absolute atomic E-state index is 12.5. The van der Waals surface area contributed by atoms with Crippen molar-refractivity contribution < 1.29 is 4.79 Å². The molecule has 2 unspecified atom stereocenters. The fourth-order valence-corrected chi connectivity index (χ4v) is 3.60. The second-order valence-electron chi connectivity index (χ2n) is 6.72. The Labute approximate surface area is 154 Å². The van der Waals surface area contributed by atoms with Gasteiger partial charge in [0, 0.05) is 11.4 Å². The molecule has 3 rings (SSSR count). The van der Waals surface area contributed by atoms with Gasteiger partial charge in [-0.2, -0.15) is 0 Å². The molecule has 25 heavy (non-hydrogen) atoms. The Bertz CT molecular complexity index is 683. The van der Waals surface area contributed by atoms with Gasteiger partial charge in [0.25, 0.3) is 0 Å². The van der Waals surface area contributed by atoms with Crippen LogP contribution in [0.4, 0.5) is 0 Å². The second kappa shape index (κ2) is 9.02. The summed E-state index contributed by atoms with van der Waals surface area (Å²) in [6.45, 7) is 2.11. The van der Waals surface area contributed by atoms with Crippen LogP contribution < -0.4 is 10.6 Å². The molecule has 1 fully saturated rings. The summed E-state index contributed by atoms with van der Waals surface area (Å²) in [5, 5.41) is 7.32. The lowest BCUT2D eigenvalue weighted by atomic mass is 9.97. The molecule has 4 heteroatoms. The van der Waals surface area contributed by atoms with Gasteiger partial charge in [0.2, 0.25) is 5.91 Å². The summed E-state index contributed by atoms with van der Waals surface area (Å²) in [5.74, 6) is 0.747. The minimum Gasteiger partial charge on any atom is -0.349 e. The summed E-state index contributed by atoms with van der Waals surface area (Å²) < 4.78 is 0. The molecule has 0 spiro atoms. The first-order valence-electron chi connectivity index (χ1n) is 9.01. The van der Waals surface area contributed by atoms with Crippen molar-refractivity contribution >= 4 is 17.5 Å². The summed E-state index contributed by atoms with van der Waals surface area (Å²) in [5.41, 5.74) is 2.16. The third-order valence-electron chi connectivity index (χ3n) is 4.86. The molecular formula is C21H25ClN2O. The van der Waals surface area contributed by atoms with E-state index in [0.717, 1.165) is 35.7 Å². The van der Waals surface area contributed by atoms with Crippen molar-refractivity contribution in [2.75, 3.05) is 13.1 Å². The topological polar surface area (TPSA) is 41.1 Å². The minimum atomic E-state index is -0.0599. The van der Waals surface area contributed by atoms with Crippen molar-refractivity contribution in [2.45, 2.75) is 31.7 Å². The van der Waals surface area contributed by atoms with Crippen LogP contribution in [-0.2, 0) is 11.2 Å². The van der Waals surface area contributed by atoms with Gasteiger partial charge in [0.1, 0.15) is 0 Å². The molecule has 3 nitrogen and oxygen atoms in total. The van der Waals surface area contributed by atoms with E-state index in [2.05, 4.69) is 22.8 Å². The lowest BCUT2D eigenvalue weighted by Crippen LogP contribution is -2.30. The molecule has 132 valence electrons. The molecule has 0 radical (unpaired) electrons. The van der Waals surface area contributed by atoms with Gasteiger partial charge in [0.05, 0.1) is 6.04 Å². The third-order valence-corrected chi connectivity index (χ3v) is 5.23. The Morgan fingerprint density at radius 2 is 1.92 bits per heavy atom. The van der Waals surface area contributed by atoms with Gasteiger partial charge in [-0.1, -0.05) is 60.1 Å². The molecule has 2 atom stereocenters. The minimum absolute atomic E-state index is 0.0599. The van der Waals surface area contributed by atoms with Crippen LogP contribution in [0.2, 0.25) is 5.02 Å². The maximum Gasteiger partial charge on any atom is 0.220 e. The zero-order valence-electron chi connectivity index (χ0n) is 14.4. The van der Waals surface area contributed by atoms with Crippen LogP contribution in [0, 0.1) is 5.92 Å². The summed E-state index contributed by atoms with van der Waals surface area (Å²) in [4.78, 5) is 12.5. The van der Waals surface area contributed by atoms with Gasteiger partial charge in [-0.25, -0.2) is 0 Å². The highest BCUT2D eigenvalue weighted by atomic mass is 35.5. The molecule has 2 N–H and O–H groups in total. The molecule has 1 heterocycles. The van der Waals surface area contributed by atoms with E-state index in [0.29, 0.717) is 18.8 Å². The molecule has 2 aromatic rings. The largest absolute Gasteiger partial charge is 0.349 e. The highest BCUT2D eigenvalue weighted by Gasteiger charge is 2.19. The van der Waals surface area contributed by atoms with Crippen molar-refractivity contribution in [1.29, 1.82) is 0 Å². The normalized spacial score (nSPS) is 18.0. The third kappa shape index (κ3) is 5.32. The molecule has 1 saturated heterocycles. The Hall–Kier alpha value is -1.84. The van der Waals surface area contributed by atoms with Crippen molar-refractivity contribution in [1.82, 2.24) is 10.6 Å². The SMILES string of the molecule is O=C(CCC1CCNC1)NC(Cc1ccccc1Cl)c1ccccc1. The monoisotopic (exact) mass is 356 g/mol. The Morgan fingerprint density at radius 3 is 2.64 bits per heavy atom. The fraction of sp³-hybridized carbons (Fsp3) is 0.381. The maximum atomic E-state index is 12.5. The van der Waals surface area contributed by atoms with Gasteiger partial charge in [0.15, 0.2) is 0 Å². The van der Waals surface area contributed by atoms with Gasteiger partial charge >= 0.3 is 0 Å². The van der Waals surface area contributed by atoms with E-state index in [1.807, 2.05) is 42.5 Å². The van der Waals surface area contributed by atoms with Crippen LogP contribution in [0.25, 0.3) is 0 Å². The van der Waals surface area contributed by atoms with Gasteiger partial charge in [-0.3, -0.25) is 4.79 Å². The highest BCUT2D eigenvalue weighted by Crippen LogP contribution is 2.24. The average molecular weight is 357 g/mol. The van der Waals surface area contributed by atoms with E-state index in [1.165, 1.54) is 6.42 Å². The van der Waals surface area contributed by atoms with Gasteiger partial charge < -0.3 is 10.6 Å². The highest BCUT2D eigenvalue weighted by molar-refractivity contribution is 6.31. The number of amides is 1. The first-order valence-corrected chi connectivity index (χ1v) is 9.38. The Kier molecular flexibility index (Phi) is 6.48. The molecule has 0 saturated carbocycles. The number of benzene rings is 2. The zero-order valence-corrected chi connectivity index (χ0v) is 15.1. The van der Waals surface area contributed by atoms with Crippen molar-refractivity contribution in [3.05, 3.63) is 70.7 Å². The fourth-order valence-electron chi connectivity index (χ4n) is 3.38. The van der Waals surface area contributed by atoms with E-state index >= 15 is 0 Å². The molecule has 0 bridgehead atoms. The molecule has 2 aromatic carbocycles. The summed E-state index contributed by atoms with van der Waals surface area (Å²) in [6.07, 6.45) is 3.40. The standard InChI is InChI=1S/C21H25ClN2O/c22-19-9-5-4-8-18(19)14-20(17-6-2-1-3-7-17)24-21(25)11-10-16-12-13-23-15-16/h1-9,16,20,23H,10-15H2,(H,24,25). The Balaban J connectivity index is 1.66. The molecule has 0 aliphatic carbocycles. The zero-order chi connectivity index (χ0) is 17.5. The van der Waals surface area contributed by atoms with E-state index in [9.17, 15) is 4.79 Å². The summed E-state index contributed by atoms with van der Waals surface area (Å²) >= 11 is 6.32. The van der Waals surface area contributed by atoms with Crippen LogP contribution in [-0.4, -0.2) is 19.0 Å². The number of carbonyl (C=O) groups is 1. The van der Waals surface area contributed by atoms with Crippen LogP contribution in [0.1, 0.15) is 36.4 Å². The van der Waals surface area contributed by atoms with E-state index in [4.69, 9.17) is 11.6 Å². The van der Waals surface area contributed by atoms with Crippen molar-refractivity contribution in [2.24, 2.45) is 5.92 Å². The molecule has 1 aliphatic rings. The van der Waals surface area contributed by atoms with Crippen LogP contribution in [0.3, 0.4) is 0 Å². The summed E-state index contributed by atoms with van der Waals surface area (Å²) in [7, 11) is 0. The number of halogens is 1. The van der Waals surface area contributed by atoms with E-state index < -0.39 is 0 Å². The molecule has 1 amide bonds. The van der Waals surface area contributed by atoms with E-state index in [-0.39, 0.29) is 11.9 Å². The average Bonchev–Trinajstić information content (AvgIpc) is 3.15. The molecular weight excluding hydrogens is 332 g/mol. The predicted molar refractivity (Wildman–Crippen MR) is 103 cm³/mol. The number of hydrogen-bond acceptors (Lipinski definition) is 2. The van der Waals surface area contributed by atoms with Crippen molar-refractivity contribution in [3.8, 4) is 0 Å². The van der Waals surface area contributed by atoms with Crippen LogP contribution >= 0.6 is 11.6 Å². The first kappa shape index (κ1) is 18.0.